The van der Waals surface area contributed by atoms with Gasteiger partial charge in [0.1, 0.15) is 0 Å². The minimum Gasteiger partial charge on any atom is -0.361 e. The van der Waals surface area contributed by atoms with Gasteiger partial charge < -0.3 is 4.98 Å². The van der Waals surface area contributed by atoms with Crippen molar-refractivity contribution < 1.29 is 0 Å². The largest absolute Gasteiger partial charge is 0.361 e. The Morgan fingerprint density at radius 2 is 2.18 bits per heavy atom. The van der Waals surface area contributed by atoms with E-state index in [2.05, 4.69) is 50.5 Å². The van der Waals surface area contributed by atoms with E-state index in [0.29, 0.717) is 0 Å². The van der Waals surface area contributed by atoms with Crippen LogP contribution < -0.4 is 0 Å². The topological polar surface area (TPSA) is 15.8 Å². The summed E-state index contributed by atoms with van der Waals surface area (Å²) < 4.78 is 0. The molecule has 56 valence electrons. The highest BCUT2D eigenvalue weighted by atomic mass is 127. The molecule has 1 nitrogen and oxygen atoms in total. The molecule has 1 aromatic carbocycles. The molecule has 2 aromatic rings. The van der Waals surface area contributed by atoms with E-state index in [-0.39, 0.29) is 0 Å². The number of halogens is 1. The van der Waals surface area contributed by atoms with Crippen LogP contribution in [0, 0.1) is 0 Å². The average Bonchev–Trinajstić information content (AvgIpc) is 2.50. The zero-order valence-electron chi connectivity index (χ0n) is 5.67. The molecule has 0 saturated heterocycles. The Kier molecular flexibility index (Phi) is 2.09. The summed E-state index contributed by atoms with van der Waals surface area (Å²) in [4.78, 5) is 4.50. The highest BCUT2D eigenvalue weighted by Gasteiger charge is 1.98. The van der Waals surface area contributed by atoms with E-state index in [9.17, 15) is 0 Å². The van der Waals surface area contributed by atoms with Crippen LogP contribution in [0.1, 0.15) is 0 Å². The van der Waals surface area contributed by atoms with Crippen molar-refractivity contribution in [2.75, 3.05) is 0 Å². The Labute approximate surface area is 81.2 Å². The van der Waals surface area contributed by atoms with E-state index in [1.807, 2.05) is 6.20 Å². The molecule has 0 unspecified atom stereocenters. The molecule has 11 heavy (non-hydrogen) atoms. The number of aromatic nitrogens is 1. The molecule has 0 aliphatic rings. The molecule has 0 aliphatic carbocycles. The number of hydrogen-bond acceptors (Lipinski definition) is 1. The van der Waals surface area contributed by atoms with E-state index >= 15 is 0 Å². The monoisotopic (exact) mass is 275 g/mol. The highest BCUT2D eigenvalue weighted by molar-refractivity contribution is 14.2. The van der Waals surface area contributed by atoms with Gasteiger partial charge in [-0.15, -0.1) is 0 Å². The number of fused-ring (bicyclic) bond motifs is 1. The molecule has 0 bridgehead atoms. The van der Waals surface area contributed by atoms with Crippen LogP contribution in [0.15, 0.2) is 35.4 Å². The van der Waals surface area contributed by atoms with E-state index in [1.165, 1.54) is 15.8 Å². The predicted octanol–water partition coefficient (Wildman–Crippen LogP) is 3.61. The van der Waals surface area contributed by atoms with E-state index in [1.54, 1.807) is 8.93 Å². The lowest BCUT2D eigenvalue weighted by atomic mass is 10.2. The third-order valence-electron chi connectivity index (χ3n) is 1.64. The summed E-state index contributed by atoms with van der Waals surface area (Å²) >= 11 is 2.30. The maximum atomic E-state index is 3.18. The van der Waals surface area contributed by atoms with Gasteiger partial charge in [-0.25, -0.2) is 0 Å². The summed E-state index contributed by atoms with van der Waals surface area (Å²) in [5.41, 5.74) is 1.21. The summed E-state index contributed by atoms with van der Waals surface area (Å²) in [5.74, 6) is 0. The molecular weight excluding hydrogens is 269 g/mol. The molecule has 0 saturated carbocycles. The molecule has 0 atom stereocenters. The normalized spacial score (nSPS) is 10.6. The van der Waals surface area contributed by atoms with Crippen molar-refractivity contribution in [2.24, 2.45) is 0 Å². The van der Waals surface area contributed by atoms with Crippen molar-refractivity contribution in [3.8, 4) is 0 Å². The van der Waals surface area contributed by atoms with Crippen LogP contribution in [0.3, 0.4) is 0 Å². The second kappa shape index (κ2) is 3.06. The highest BCUT2D eigenvalue weighted by Crippen LogP contribution is 2.31. The second-order valence-corrected chi connectivity index (χ2v) is 4.19. The summed E-state index contributed by atoms with van der Waals surface area (Å²) in [6, 6.07) is 8.40. The fraction of sp³-hybridized carbons (Fsp3) is 0. The molecule has 3 heteroatoms. The number of aromatic amines is 1. The van der Waals surface area contributed by atoms with Gasteiger partial charge in [-0.1, -0.05) is 15.0 Å². The molecule has 0 aliphatic heterocycles. The van der Waals surface area contributed by atoms with E-state index in [0.717, 1.165) is 0 Å². The first kappa shape index (κ1) is 7.49. The van der Waals surface area contributed by atoms with E-state index < -0.39 is 0 Å². The Balaban J connectivity index is 2.79. The number of benzene rings is 1. The van der Waals surface area contributed by atoms with Gasteiger partial charge in [-0.05, 0) is 18.2 Å². The molecule has 1 aromatic heterocycles. The number of rotatable bonds is 1. The first-order valence-electron chi connectivity index (χ1n) is 3.26. The van der Waals surface area contributed by atoms with Gasteiger partial charge >= 0.3 is 0 Å². The zero-order valence-corrected chi connectivity index (χ0v) is 8.65. The Morgan fingerprint density at radius 1 is 1.27 bits per heavy atom. The zero-order chi connectivity index (χ0) is 7.68. The minimum atomic E-state index is 1.21. The third-order valence-corrected chi connectivity index (χ3v) is 3.58. The lowest BCUT2D eigenvalue weighted by Crippen LogP contribution is -1.68. The van der Waals surface area contributed by atoms with Crippen molar-refractivity contribution in [2.45, 2.75) is 4.90 Å². The van der Waals surface area contributed by atoms with Gasteiger partial charge in [-0.3, -0.25) is 0 Å². The van der Waals surface area contributed by atoms with Crippen LogP contribution in [0.4, 0.5) is 0 Å². The fourth-order valence-electron chi connectivity index (χ4n) is 1.12. The maximum Gasteiger partial charge on any atom is 0.0465 e. The van der Waals surface area contributed by atoms with Gasteiger partial charge in [0.2, 0.25) is 0 Å². The molecule has 0 spiro atoms. The van der Waals surface area contributed by atoms with Crippen molar-refractivity contribution in [1.82, 2.24) is 4.98 Å². The second-order valence-electron chi connectivity index (χ2n) is 2.27. The molecular formula is C8H6INS. The van der Waals surface area contributed by atoms with Crippen LogP contribution in [0.5, 0.6) is 0 Å². The molecule has 1 N–H and O–H groups in total. The van der Waals surface area contributed by atoms with Crippen LogP contribution in [-0.4, -0.2) is 4.98 Å². The smallest absolute Gasteiger partial charge is 0.0465 e. The molecule has 0 amide bonds. The molecule has 0 fully saturated rings. The van der Waals surface area contributed by atoms with Crippen molar-refractivity contribution in [3.05, 3.63) is 30.5 Å². The number of hydrogen-bond donors (Lipinski definition) is 1. The maximum absolute atomic E-state index is 3.18. The first-order valence-corrected chi connectivity index (χ1v) is 6.62. The van der Waals surface area contributed by atoms with Gasteiger partial charge in [0.15, 0.2) is 0 Å². The van der Waals surface area contributed by atoms with Crippen LogP contribution >= 0.6 is 30.1 Å². The Hall–Kier alpha value is -0.160. The SMILES string of the molecule is ISc1cccc2[nH]ccc12. The molecule has 0 radical (unpaired) electrons. The number of nitrogens with one attached hydrogen (secondary N) is 1. The minimum absolute atomic E-state index is 1.21. The third kappa shape index (κ3) is 1.27. The summed E-state index contributed by atoms with van der Waals surface area (Å²) in [6.45, 7) is 0. The van der Waals surface area contributed by atoms with Crippen molar-refractivity contribution in [1.29, 1.82) is 0 Å². The lowest BCUT2D eigenvalue weighted by Gasteiger charge is -1.94. The standard InChI is InChI=1S/C8H6INS/c9-11-8-3-1-2-7-6(8)4-5-10-7/h1-5,10H. The predicted molar refractivity (Wildman–Crippen MR) is 58.2 cm³/mol. The first-order chi connectivity index (χ1) is 5.42. The van der Waals surface area contributed by atoms with Gasteiger partial charge in [0.25, 0.3) is 0 Å². The summed E-state index contributed by atoms with van der Waals surface area (Å²) in [7, 11) is 1.75. The van der Waals surface area contributed by atoms with Gasteiger partial charge in [0.05, 0.1) is 0 Å². The fourth-order valence-corrected chi connectivity index (χ4v) is 2.67. The van der Waals surface area contributed by atoms with E-state index in [4.69, 9.17) is 0 Å². The Bertz CT molecular complexity index is 369. The van der Waals surface area contributed by atoms with Crippen LogP contribution in [-0.2, 0) is 0 Å². The summed E-state index contributed by atoms with van der Waals surface area (Å²) in [6.07, 6.45) is 1.97. The molecule has 2 rings (SSSR count). The number of H-pyrrole nitrogens is 1. The Morgan fingerprint density at radius 3 is 3.00 bits per heavy atom. The van der Waals surface area contributed by atoms with Crippen LogP contribution in [0.2, 0.25) is 0 Å². The quantitative estimate of drug-likeness (QED) is 0.786. The van der Waals surface area contributed by atoms with Crippen molar-refractivity contribution >= 4 is 41.0 Å². The van der Waals surface area contributed by atoms with Gasteiger partial charge in [0, 0.05) is 43.2 Å². The van der Waals surface area contributed by atoms with Crippen molar-refractivity contribution in [3.63, 3.8) is 0 Å². The van der Waals surface area contributed by atoms with Gasteiger partial charge in [-0.2, -0.15) is 0 Å². The van der Waals surface area contributed by atoms with Crippen LogP contribution in [0.25, 0.3) is 10.9 Å². The average molecular weight is 275 g/mol. The summed E-state index contributed by atoms with van der Waals surface area (Å²) in [5, 5.41) is 1.31. The molecule has 1 heterocycles. The lowest BCUT2D eigenvalue weighted by molar-refractivity contribution is 1.47.